The summed E-state index contributed by atoms with van der Waals surface area (Å²) in [7, 11) is 0. The Balaban J connectivity index is 2.76. The van der Waals surface area contributed by atoms with Crippen LogP contribution in [0.4, 0.5) is 13.2 Å². The van der Waals surface area contributed by atoms with E-state index < -0.39 is 24.2 Å². The summed E-state index contributed by atoms with van der Waals surface area (Å²) >= 11 is 0. The Morgan fingerprint density at radius 2 is 1.83 bits per heavy atom. The van der Waals surface area contributed by atoms with E-state index in [9.17, 15) is 18.0 Å². The molecule has 0 aliphatic rings. The summed E-state index contributed by atoms with van der Waals surface area (Å²) in [5, 5.41) is 0. The Morgan fingerprint density at radius 3 is 2.28 bits per heavy atom. The highest BCUT2D eigenvalue weighted by Crippen LogP contribution is 2.24. The lowest BCUT2D eigenvalue weighted by Crippen LogP contribution is -2.36. The standard InChI is InChI=1S/C13H15F3O2/c1-3-11(18-9(2)13(14,15)16)12(17)10-7-5-4-6-8-10/h4-9,11H,3H2,1-2H3. The number of hydrogen-bond donors (Lipinski definition) is 0. The monoisotopic (exact) mass is 260 g/mol. The van der Waals surface area contributed by atoms with E-state index in [0.717, 1.165) is 6.92 Å². The Labute approximate surface area is 104 Å². The molecule has 100 valence electrons. The van der Waals surface area contributed by atoms with Crippen molar-refractivity contribution in [3.63, 3.8) is 0 Å². The predicted molar refractivity (Wildman–Crippen MR) is 61.5 cm³/mol. The molecule has 0 aliphatic heterocycles. The number of benzene rings is 1. The molecule has 0 heterocycles. The summed E-state index contributed by atoms with van der Waals surface area (Å²) in [4.78, 5) is 11.9. The molecule has 0 saturated heterocycles. The van der Waals surface area contributed by atoms with Crippen LogP contribution in [0.15, 0.2) is 30.3 Å². The molecule has 18 heavy (non-hydrogen) atoms. The highest BCUT2D eigenvalue weighted by molar-refractivity contribution is 5.99. The van der Waals surface area contributed by atoms with Crippen LogP contribution < -0.4 is 0 Å². The summed E-state index contributed by atoms with van der Waals surface area (Å²) in [6.07, 6.45) is -7.27. The van der Waals surface area contributed by atoms with E-state index in [-0.39, 0.29) is 6.42 Å². The maximum Gasteiger partial charge on any atom is 0.414 e. The van der Waals surface area contributed by atoms with Crippen molar-refractivity contribution < 1.29 is 22.7 Å². The van der Waals surface area contributed by atoms with Gasteiger partial charge in [0, 0.05) is 5.56 Å². The maximum atomic E-state index is 12.4. The largest absolute Gasteiger partial charge is 0.414 e. The minimum absolute atomic E-state index is 0.203. The van der Waals surface area contributed by atoms with E-state index in [1.54, 1.807) is 37.3 Å². The van der Waals surface area contributed by atoms with Crippen LogP contribution in [-0.4, -0.2) is 24.2 Å². The first kappa shape index (κ1) is 14.7. The molecule has 5 heteroatoms. The zero-order valence-electron chi connectivity index (χ0n) is 10.2. The first-order valence-electron chi connectivity index (χ1n) is 5.67. The molecule has 2 nitrogen and oxygen atoms in total. The maximum absolute atomic E-state index is 12.4. The van der Waals surface area contributed by atoms with Crippen LogP contribution in [0.2, 0.25) is 0 Å². The van der Waals surface area contributed by atoms with Gasteiger partial charge in [0.2, 0.25) is 0 Å². The fourth-order valence-corrected chi connectivity index (χ4v) is 1.46. The summed E-state index contributed by atoms with van der Waals surface area (Å²) < 4.78 is 41.9. The number of ketones is 1. The molecule has 0 bridgehead atoms. The number of Topliss-reactive ketones (excluding diaryl/α,β-unsaturated/α-hetero) is 1. The van der Waals surface area contributed by atoms with Gasteiger partial charge in [-0.15, -0.1) is 0 Å². The van der Waals surface area contributed by atoms with Crippen molar-refractivity contribution in [2.45, 2.75) is 38.7 Å². The second-order valence-electron chi connectivity index (χ2n) is 3.95. The molecule has 1 rings (SSSR count). The Hall–Kier alpha value is -1.36. The van der Waals surface area contributed by atoms with Gasteiger partial charge in [-0.25, -0.2) is 0 Å². The minimum Gasteiger partial charge on any atom is -0.358 e. The second-order valence-corrected chi connectivity index (χ2v) is 3.95. The van der Waals surface area contributed by atoms with E-state index in [1.807, 2.05) is 0 Å². The van der Waals surface area contributed by atoms with Crippen LogP contribution in [0.3, 0.4) is 0 Å². The third kappa shape index (κ3) is 3.84. The van der Waals surface area contributed by atoms with Crippen LogP contribution in [0.5, 0.6) is 0 Å². The van der Waals surface area contributed by atoms with Crippen LogP contribution >= 0.6 is 0 Å². The van der Waals surface area contributed by atoms with E-state index in [4.69, 9.17) is 4.74 Å². The quantitative estimate of drug-likeness (QED) is 0.756. The van der Waals surface area contributed by atoms with Crippen molar-refractivity contribution in [1.82, 2.24) is 0 Å². The van der Waals surface area contributed by atoms with Crippen LogP contribution in [-0.2, 0) is 4.74 Å². The SMILES string of the molecule is CCC(OC(C)C(F)(F)F)C(=O)c1ccccc1. The molecular formula is C13H15F3O2. The lowest BCUT2D eigenvalue weighted by atomic mass is 10.0. The summed E-state index contributed by atoms with van der Waals surface area (Å²) in [6.45, 7) is 2.52. The third-order valence-electron chi connectivity index (χ3n) is 2.55. The molecule has 2 atom stereocenters. The smallest absolute Gasteiger partial charge is 0.358 e. The Kier molecular flexibility index (Phi) is 4.90. The highest BCUT2D eigenvalue weighted by Gasteiger charge is 2.39. The lowest BCUT2D eigenvalue weighted by molar-refractivity contribution is -0.221. The van der Waals surface area contributed by atoms with Gasteiger partial charge < -0.3 is 4.74 Å². The second kappa shape index (κ2) is 6.00. The molecule has 0 saturated carbocycles. The van der Waals surface area contributed by atoms with E-state index in [2.05, 4.69) is 0 Å². The van der Waals surface area contributed by atoms with Gasteiger partial charge in [0.25, 0.3) is 0 Å². The fourth-order valence-electron chi connectivity index (χ4n) is 1.46. The van der Waals surface area contributed by atoms with Gasteiger partial charge in [-0.1, -0.05) is 37.3 Å². The molecular weight excluding hydrogens is 245 g/mol. The van der Waals surface area contributed by atoms with Crippen LogP contribution in [0, 0.1) is 0 Å². The van der Waals surface area contributed by atoms with E-state index in [1.165, 1.54) is 0 Å². The average molecular weight is 260 g/mol. The number of alkyl halides is 3. The number of carbonyl (C=O) groups excluding carboxylic acids is 1. The molecule has 0 aromatic heterocycles. The van der Waals surface area contributed by atoms with Gasteiger partial charge in [-0.3, -0.25) is 4.79 Å². The molecule has 2 unspecified atom stereocenters. The Bertz CT molecular complexity index is 387. The van der Waals surface area contributed by atoms with Crippen LogP contribution in [0.25, 0.3) is 0 Å². The Morgan fingerprint density at radius 1 is 1.28 bits per heavy atom. The lowest BCUT2D eigenvalue weighted by Gasteiger charge is -2.22. The summed E-state index contributed by atoms with van der Waals surface area (Å²) in [5.41, 5.74) is 0.360. The predicted octanol–water partition coefficient (Wildman–Crippen LogP) is 3.62. The minimum atomic E-state index is -4.45. The fraction of sp³-hybridized carbons (Fsp3) is 0.462. The van der Waals surface area contributed by atoms with Gasteiger partial charge in [-0.2, -0.15) is 13.2 Å². The first-order valence-corrected chi connectivity index (χ1v) is 5.67. The molecule has 0 N–H and O–H groups in total. The summed E-state index contributed by atoms with van der Waals surface area (Å²) in [6, 6.07) is 8.18. The van der Waals surface area contributed by atoms with Crippen molar-refractivity contribution in [3.05, 3.63) is 35.9 Å². The van der Waals surface area contributed by atoms with Gasteiger partial charge >= 0.3 is 6.18 Å². The summed E-state index contributed by atoms with van der Waals surface area (Å²) in [5.74, 6) is -0.422. The third-order valence-corrected chi connectivity index (χ3v) is 2.55. The van der Waals surface area contributed by atoms with Crippen molar-refractivity contribution >= 4 is 5.78 Å². The van der Waals surface area contributed by atoms with Crippen molar-refractivity contribution in [3.8, 4) is 0 Å². The first-order chi connectivity index (χ1) is 8.36. The number of hydrogen-bond acceptors (Lipinski definition) is 2. The number of carbonyl (C=O) groups is 1. The van der Waals surface area contributed by atoms with Crippen LogP contribution in [0.1, 0.15) is 30.6 Å². The number of ether oxygens (including phenoxy) is 1. The van der Waals surface area contributed by atoms with Gasteiger partial charge in [0.1, 0.15) is 6.10 Å². The topological polar surface area (TPSA) is 26.3 Å². The van der Waals surface area contributed by atoms with E-state index in [0.29, 0.717) is 5.56 Å². The van der Waals surface area contributed by atoms with Gasteiger partial charge in [0.05, 0.1) is 0 Å². The van der Waals surface area contributed by atoms with E-state index >= 15 is 0 Å². The van der Waals surface area contributed by atoms with Crippen molar-refractivity contribution in [2.24, 2.45) is 0 Å². The molecule has 0 aliphatic carbocycles. The molecule has 0 radical (unpaired) electrons. The number of halogens is 3. The molecule has 1 aromatic carbocycles. The van der Waals surface area contributed by atoms with Crippen molar-refractivity contribution in [1.29, 1.82) is 0 Å². The molecule has 0 amide bonds. The highest BCUT2D eigenvalue weighted by atomic mass is 19.4. The van der Waals surface area contributed by atoms with Gasteiger partial charge in [-0.05, 0) is 13.3 Å². The van der Waals surface area contributed by atoms with Gasteiger partial charge in [0.15, 0.2) is 11.9 Å². The molecule has 1 aromatic rings. The molecule has 0 fully saturated rings. The van der Waals surface area contributed by atoms with Crippen molar-refractivity contribution in [2.75, 3.05) is 0 Å². The zero-order chi connectivity index (χ0) is 13.8. The normalized spacial score (nSPS) is 15.2. The molecule has 0 spiro atoms. The number of rotatable bonds is 5. The average Bonchev–Trinajstić information content (AvgIpc) is 2.34. The zero-order valence-corrected chi connectivity index (χ0v) is 10.2.